The van der Waals surface area contributed by atoms with Gasteiger partial charge in [-0.2, -0.15) is 0 Å². The molecule has 0 spiro atoms. The maximum atomic E-state index is 12.5. The van der Waals surface area contributed by atoms with Crippen LogP contribution in [0, 0.1) is 0 Å². The second kappa shape index (κ2) is 26.9. The molecule has 0 atom stereocenters. The quantitative estimate of drug-likeness (QED) is 0.0628. The van der Waals surface area contributed by atoms with Gasteiger partial charge >= 0.3 is 228 Å². The molecule has 0 aromatic rings. The smallest absolute Gasteiger partial charge is 0.522 e. The molecule has 0 saturated heterocycles. The minimum absolute atomic E-state index is 2.25. The Balaban J connectivity index is 5.72. The molecule has 0 aliphatic rings. The monoisotopic (exact) mass is 1290 g/mol. The molecule has 0 fully saturated rings. The highest BCUT2D eigenvalue weighted by atomic mass is 30.1. The van der Waals surface area contributed by atoms with E-state index in [1.165, 1.54) is 0 Å². The number of hydrogen-bond donors (Lipinski definition) is 0. The van der Waals surface area contributed by atoms with Crippen LogP contribution in [0.2, 0.25) is 0 Å². The predicted molar refractivity (Wildman–Crippen MR) is 191 cm³/mol. The standard InChI is InChI=1S/H2O30Si29/c1-31-35(5)39(9)43(13)47(17)51(21)55(25)57(27)53(23)49(19)45(15)41(11)37(7)33(3)30-34(4)38(8)42(12)46(16)50(20)54(24)58(28)59(29)56(26)52(22)48(18)44(14)40(10)36(6)32-2/h31-32H. The second-order valence-electron chi connectivity index (χ2n) is 9.21. The summed E-state index contributed by atoms with van der Waals surface area (Å²) in [6, 6.07) is 0. The molecular formula is H2O30Si29. The molecule has 0 saturated carbocycles. The van der Waals surface area contributed by atoms with Crippen molar-refractivity contribution >= 4 is 228 Å². The van der Waals surface area contributed by atoms with Crippen molar-refractivity contribution in [3.8, 4) is 0 Å². The van der Waals surface area contributed by atoms with Crippen LogP contribution in [0.4, 0.5) is 0 Å². The van der Waals surface area contributed by atoms with Crippen molar-refractivity contribution in [2.45, 2.75) is 0 Å². The zero-order chi connectivity index (χ0) is 46.7. The first-order valence-electron chi connectivity index (χ1n) is 13.2. The van der Waals surface area contributed by atoms with Gasteiger partial charge in [0.15, 0.2) is 0 Å². The third kappa shape index (κ3) is 15.7. The van der Waals surface area contributed by atoms with Gasteiger partial charge in [0.2, 0.25) is 0 Å². The van der Waals surface area contributed by atoms with E-state index in [2.05, 4.69) is 4.12 Å². The highest BCUT2D eigenvalue weighted by molar-refractivity contribution is 7.81. The summed E-state index contributed by atoms with van der Waals surface area (Å²) in [5.41, 5.74) is 0. The second-order valence-corrected chi connectivity index (χ2v) is 139. The summed E-state index contributed by atoms with van der Waals surface area (Å²) in [5, 5.41) is 0. The van der Waals surface area contributed by atoms with Crippen LogP contribution in [0.15, 0.2) is 0 Å². The highest BCUT2D eigenvalue weighted by Gasteiger charge is 2.57. The Hall–Kier alpha value is 0.290. The number of hydrogen-bond acceptors (Lipinski definition) is 30. The first kappa shape index (κ1) is 59.3. The van der Waals surface area contributed by atoms with Crippen molar-refractivity contribution in [3.63, 3.8) is 0 Å². The zero-order valence-electron chi connectivity index (χ0n) is 26.9. The van der Waals surface area contributed by atoms with E-state index in [4.69, 9.17) is 0 Å². The van der Waals surface area contributed by atoms with Gasteiger partial charge in [0.1, 0.15) is 0 Å². The largest absolute Gasteiger partial charge is 0.539 e. The van der Waals surface area contributed by atoms with Crippen molar-refractivity contribution in [1.29, 1.82) is 0 Å². The van der Waals surface area contributed by atoms with Gasteiger partial charge in [-0.05, 0) is 0 Å². The van der Waals surface area contributed by atoms with Gasteiger partial charge < -0.3 is 134 Å². The molecule has 0 heterocycles. The first-order chi connectivity index (χ1) is 27.0. The van der Waals surface area contributed by atoms with Gasteiger partial charge in [0.25, 0.3) is 0 Å². The third-order valence-corrected chi connectivity index (χ3v) is 205. The van der Waals surface area contributed by atoms with E-state index in [1.807, 2.05) is 0 Å². The summed E-state index contributed by atoms with van der Waals surface area (Å²) >= 11 is 0. The van der Waals surface area contributed by atoms with Crippen molar-refractivity contribution < 1.29 is 134 Å². The van der Waals surface area contributed by atoms with Gasteiger partial charge in [-0.25, -0.2) is 0 Å². The molecule has 298 valence electrons. The summed E-state index contributed by atoms with van der Waals surface area (Å²) in [7, 11) is -122. The van der Waals surface area contributed by atoms with E-state index < -0.39 is 228 Å². The Morgan fingerprint density at radius 3 is 0.441 bits per heavy atom. The lowest BCUT2D eigenvalue weighted by Crippen LogP contribution is -2.56. The SMILES string of the molecule is O=[SiH][Si](=O)[Si](=O)[Si](=O)[Si](=O)[Si](=O)[Si](=O)[Si](=O)[Si](=O)[Si](=O)[Si](=O)[Si](=O)[Si](=O)[Si](=O)O[Si](=O)[Si](=O)[Si](=O)[Si](=O)[Si](=O)[Si](=O)[Si](=O)[Si](=O)[Si](=O)[Si](=O)[Si](=O)[Si](=O)[Si](=O)[Si](=O)[SiH]=O. The average molecular weight is 1300 g/mol. The summed E-state index contributed by atoms with van der Waals surface area (Å²) in [6.45, 7) is 0. The van der Waals surface area contributed by atoms with Crippen LogP contribution >= 0.6 is 0 Å². The molecule has 0 aliphatic heterocycles. The molecule has 0 aliphatic carbocycles. The minimum atomic E-state index is -4.65. The summed E-state index contributed by atoms with van der Waals surface area (Å²) in [4.78, 5) is 0. The highest BCUT2D eigenvalue weighted by Crippen LogP contribution is 1.90. The predicted octanol–water partition coefficient (Wildman–Crippen LogP) is -15.1. The van der Waals surface area contributed by atoms with Crippen LogP contribution in [0.5, 0.6) is 0 Å². The van der Waals surface area contributed by atoms with Crippen molar-refractivity contribution in [2.24, 2.45) is 0 Å². The lowest BCUT2D eigenvalue weighted by Gasteiger charge is -1.96. The maximum absolute atomic E-state index is 12.5. The van der Waals surface area contributed by atoms with Gasteiger partial charge in [0.05, 0.1) is 0 Å². The first-order valence-corrected chi connectivity index (χ1v) is 80.6. The Morgan fingerprint density at radius 1 is 0.186 bits per heavy atom. The zero-order valence-corrected chi connectivity index (χ0v) is 56.2. The van der Waals surface area contributed by atoms with Crippen molar-refractivity contribution in [1.82, 2.24) is 0 Å². The van der Waals surface area contributed by atoms with E-state index in [0.717, 1.165) is 0 Å². The lowest BCUT2D eigenvalue weighted by molar-refractivity contribution is 0.430. The molecule has 59 heavy (non-hydrogen) atoms. The molecule has 0 amide bonds. The van der Waals surface area contributed by atoms with Crippen LogP contribution in [0.3, 0.4) is 0 Å². The molecule has 0 bridgehead atoms. The average Bonchev–Trinajstić information content (AvgIpc) is 3.24. The van der Waals surface area contributed by atoms with E-state index in [0.29, 0.717) is 0 Å². The fourth-order valence-corrected chi connectivity index (χ4v) is 286. The van der Waals surface area contributed by atoms with Gasteiger partial charge in [-0.1, -0.05) is 0 Å². The van der Waals surface area contributed by atoms with Crippen molar-refractivity contribution in [3.05, 3.63) is 0 Å². The summed E-state index contributed by atoms with van der Waals surface area (Å²) in [5.74, 6) is 0. The van der Waals surface area contributed by atoms with Crippen LogP contribution in [0.25, 0.3) is 0 Å². The molecule has 0 aromatic heterocycles. The molecule has 59 heteroatoms. The molecule has 0 unspecified atom stereocenters. The topological polar surface area (TPSA) is 504 Å². The van der Waals surface area contributed by atoms with Gasteiger partial charge in [-0.15, -0.1) is 0 Å². The van der Waals surface area contributed by atoms with E-state index in [1.54, 1.807) is 0 Å². The fourth-order valence-electron chi connectivity index (χ4n) is 2.65. The molecule has 0 N–H and O–H groups in total. The van der Waals surface area contributed by atoms with Gasteiger partial charge in [0, 0.05) is 0 Å². The molecule has 0 aromatic carbocycles. The molecule has 0 rings (SSSR count). The summed E-state index contributed by atoms with van der Waals surface area (Å²) in [6.07, 6.45) is 0. The van der Waals surface area contributed by atoms with Crippen molar-refractivity contribution in [2.75, 3.05) is 0 Å². The Bertz CT molecular complexity index is 2450. The third-order valence-electron chi connectivity index (χ3n) is 5.55. The molecule has 0 radical (unpaired) electrons. The normalized spacial score (nSPS) is 9.63. The minimum Gasteiger partial charge on any atom is -0.522 e. The molecular weight excluding hydrogens is 1290 g/mol. The van der Waals surface area contributed by atoms with E-state index in [9.17, 15) is 129 Å². The summed E-state index contributed by atoms with van der Waals surface area (Å²) < 4.78 is 356. The fraction of sp³-hybridized carbons (Fsp3) is 0. The van der Waals surface area contributed by atoms with E-state index in [-0.39, 0.29) is 0 Å². The Labute approximate surface area is 357 Å². The van der Waals surface area contributed by atoms with Crippen LogP contribution in [-0.4, -0.2) is 228 Å². The van der Waals surface area contributed by atoms with Crippen LogP contribution in [-0.2, 0) is 134 Å². The maximum Gasteiger partial charge on any atom is 0.539 e. The lowest BCUT2D eigenvalue weighted by atomic mass is 15.8. The molecule has 30 nitrogen and oxygen atoms in total. The Kier molecular flexibility index (Phi) is 27.1. The van der Waals surface area contributed by atoms with E-state index >= 15 is 0 Å². The Morgan fingerprint density at radius 2 is 0.305 bits per heavy atom. The number of rotatable bonds is 29. The van der Waals surface area contributed by atoms with Crippen LogP contribution in [0.1, 0.15) is 0 Å². The van der Waals surface area contributed by atoms with Crippen LogP contribution < -0.4 is 0 Å². The van der Waals surface area contributed by atoms with Gasteiger partial charge in [-0.3, -0.25) is 0 Å².